The lowest BCUT2D eigenvalue weighted by Gasteiger charge is -2.31. The second-order valence-electron chi connectivity index (χ2n) is 10.4. The number of rotatable bonds is 9. The Morgan fingerprint density at radius 2 is 1.93 bits per heavy atom. The van der Waals surface area contributed by atoms with Gasteiger partial charge in [-0.25, -0.2) is 9.67 Å². The number of primary amides is 1. The summed E-state index contributed by atoms with van der Waals surface area (Å²) in [6, 6.07) is 3.62. The molecule has 218 valence electrons. The van der Waals surface area contributed by atoms with E-state index in [1.807, 2.05) is 31.0 Å². The molecule has 4 heterocycles. The molecule has 5 N–H and O–H groups in total. The highest BCUT2D eigenvalue weighted by Gasteiger charge is 2.30. The lowest BCUT2D eigenvalue weighted by molar-refractivity contribution is -0.112. The lowest BCUT2D eigenvalue weighted by Crippen LogP contribution is -2.37. The number of anilines is 3. The molecule has 0 bridgehead atoms. The zero-order chi connectivity index (χ0) is 29.3. The van der Waals surface area contributed by atoms with Gasteiger partial charge in [0.15, 0.2) is 5.82 Å². The van der Waals surface area contributed by atoms with Gasteiger partial charge >= 0.3 is 0 Å². The van der Waals surface area contributed by atoms with Crippen LogP contribution in [-0.4, -0.2) is 99.5 Å². The molecule has 0 spiro atoms. The summed E-state index contributed by atoms with van der Waals surface area (Å²) in [6.07, 6.45) is 2.11. The van der Waals surface area contributed by atoms with E-state index in [-0.39, 0.29) is 5.57 Å². The highest BCUT2D eigenvalue weighted by molar-refractivity contribution is 6.19. The third kappa shape index (κ3) is 6.03. The van der Waals surface area contributed by atoms with Gasteiger partial charge in [-0.15, -0.1) is 0 Å². The van der Waals surface area contributed by atoms with E-state index in [0.29, 0.717) is 74.7 Å². The van der Waals surface area contributed by atoms with Gasteiger partial charge in [0.05, 0.1) is 43.9 Å². The van der Waals surface area contributed by atoms with Crippen LogP contribution in [0.2, 0.25) is 0 Å². The molecule has 0 aliphatic carbocycles. The first kappa shape index (κ1) is 28.5. The van der Waals surface area contributed by atoms with Crippen LogP contribution in [0, 0.1) is 13.8 Å². The molecule has 2 aromatic heterocycles. The smallest absolute Gasteiger partial charge is 0.248 e. The zero-order valence-electron chi connectivity index (χ0n) is 23.5. The number of carbonyl (C=O) groups is 1. The van der Waals surface area contributed by atoms with Gasteiger partial charge in [0.25, 0.3) is 0 Å². The van der Waals surface area contributed by atoms with Crippen molar-refractivity contribution >= 4 is 28.8 Å². The molecule has 0 radical (unpaired) electrons. The Labute approximate surface area is 238 Å². The van der Waals surface area contributed by atoms with Gasteiger partial charge in [-0.2, -0.15) is 10.1 Å². The van der Waals surface area contributed by atoms with Gasteiger partial charge in [-0.3, -0.25) is 9.69 Å². The summed E-state index contributed by atoms with van der Waals surface area (Å²) in [5.41, 5.74) is 10.3. The van der Waals surface area contributed by atoms with Crippen molar-refractivity contribution in [2.24, 2.45) is 5.73 Å². The molecule has 5 rings (SSSR count). The minimum atomic E-state index is -0.747. The van der Waals surface area contributed by atoms with Crippen molar-refractivity contribution in [1.82, 2.24) is 24.6 Å². The van der Waals surface area contributed by atoms with Crippen molar-refractivity contribution in [1.29, 1.82) is 0 Å². The van der Waals surface area contributed by atoms with Gasteiger partial charge in [-0.05, 0) is 19.9 Å². The average Bonchev–Trinajstić information content (AvgIpc) is 3.48. The molecule has 0 saturated carbocycles. The van der Waals surface area contributed by atoms with E-state index >= 15 is 0 Å². The first-order chi connectivity index (χ1) is 19.6. The normalized spacial score (nSPS) is 19.4. The van der Waals surface area contributed by atoms with Crippen LogP contribution >= 0.6 is 0 Å². The van der Waals surface area contributed by atoms with Crippen LogP contribution in [0.4, 0.5) is 17.3 Å². The fourth-order valence-corrected chi connectivity index (χ4v) is 5.10. The van der Waals surface area contributed by atoms with Crippen LogP contribution in [-0.2, 0) is 16.1 Å². The minimum Gasteiger partial charge on any atom is -0.494 e. The van der Waals surface area contributed by atoms with E-state index in [1.54, 1.807) is 24.1 Å². The zero-order valence-corrected chi connectivity index (χ0v) is 23.5. The Morgan fingerprint density at radius 1 is 1.22 bits per heavy atom. The molecular weight excluding hydrogens is 528 g/mol. The number of aliphatic hydroxyl groups is 2. The summed E-state index contributed by atoms with van der Waals surface area (Å²) < 4.78 is 12.9. The Hall–Kier alpha value is -4.04. The highest BCUT2D eigenvalue weighted by Crippen LogP contribution is 2.38. The van der Waals surface area contributed by atoms with Gasteiger partial charge in [0, 0.05) is 79.1 Å². The third-order valence-corrected chi connectivity index (χ3v) is 7.43. The second kappa shape index (κ2) is 11.8. The number of β-amino-alcohol motifs (C(OH)–C–C–N with tert-alkyl or cyclic N) is 2. The Morgan fingerprint density at radius 3 is 2.59 bits per heavy atom. The van der Waals surface area contributed by atoms with Crippen molar-refractivity contribution in [3.63, 3.8) is 0 Å². The summed E-state index contributed by atoms with van der Waals surface area (Å²) in [5, 5.41) is 27.7. The van der Waals surface area contributed by atoms with Crippen molar-refractivity contribution < 1.29 is 24.5 Å². The number of methoxy groups -OCH3 is 1. The summed E-state index contributed by atoms with van der Waals surface area (Å²) in [5.74, 6) is 0.806. The minimum absolute atomic E-state index is 0.181. The number of morpholine rings is 1. The summed E-state index contributed by atoms with van der Waals surface area (Å²) in [6.45, 7) is 11.6. The first-order valence-electron chi connectivity index (χ1n) is 13.4. The number of amides is 1. The van der Waals surface area contributed by atoms with Crippen LogP contribution in [0.5, 0.6) is 5.75 Å². The highest BCUT2D eigenvalue weighted by atomic mass is 16.5. The molecule has 41 heavy (non-hydrogen) atoms. The van der Waals surface area contributed by atoms with Crippen LogP contribution in [0.1, 0.15) is 22.4 Å². The maximum Gasteiger partial charge on any atom is 0.248 e. The number of hydrogen-bond donors (Lipinski definition) is 4. The Bertz CT molecular complexity index is 1440. The SMILES string of the molecule is C=C(C(N)=O)c1cc(Nc2ncc(C)c(-n3cc(CN4C[C@@H](O)[C@@H](O)C4)c(C)n3)n2)c(OC)cc1N1CCOCC1. The molecule has 13 nitrogen and oxygen atoms in total. The number of nitrogens with two attached hydrogens (primary N) is 1. The molecule has 2 saturated heterocycles. The van der Waals surface area contributed by atoms with E-state index in [4.69, 9.17) is 20.2 Å². The molecule has 1 aromatic carbocycles. The largest absolute Gasteiger partial charge is 0.494 e. The van der Waals surface area contributed by atoms with Crippen molar-refractivity contribution in [3.8, 4) is 11.6 Å². The summed E-state index contributed by atoms with van der Waals surface area (Å²) in [4.78, 5) is 25.4. The standard InChI is InChI=1S/C28H36N8O5/c1-16-11-30-28(32-27(16)36-13-19(18(3)33-36)12-34-14-23(37)24(38)15-34)31-21-9-20(17(2)26(29)39)22(10-25(21)40-4)35-5-7-41-8-6-35/h9-11,13,23-24,37-38H,2,5-8,12,14-15H2,1,3-4H3,(H2,29,39)(H,30,31,32)/t23-,24+. The third-order valence-electron chi connectivity index (χ3n) is 7.43. The van der Waals surface area contributed by atoms with Gasteiger partial charge in [-0.1, -0.05) is 6.58 Å². The van der Waals surface area contributed by atoms with Crippen LogP contribution < -0.4 is 20.7 Å². The van der Waals surface area contributed by atoms with E-state index in [1.165, 1.54) is 0 Å². The molecule has 3 aromatic rings. The fourth-order valence-electron chi connectivity index (χ4n) is 5.10. The van der Waals surface area contributed by atoms with Crippen molar-refractivity contribution in [2.75, 3.05) is 56.7 Å². The molecule has 0 unspecified atom stereocenters. The Balaban J connectivity index is 1.45. The van der Waals surface area contributed by atoms with E-state index in [2.05, 4.69) is 26.9 Å². The second-order valence-corrected chi connectivity index (χ2v) is 10.4. The predicted molar refractivity (Wildman–Crippen MR) is 153 cm³/mol. The number of aliphatic hydroxyl groups excluding tert-OH is 2. The maximum absolute atomic E-state index is 12.1. The van der Waals surface area contributed by atoms with Gasteiger partial charge < -0.3 is 35.6 Å². The molecule has 2 aliphatic heterocycles. The number of hydrogen-bond acceptors (Lipinski definition) is 11. The predicted octanol–water partition coefficient (Wildman–Crippen LogP) is 0.904. The molecule has 1 amide bonds. The summed E-state index contributed by atoms with van der Waals surface area (Å²) >= 11 is 0. The van der Waals surface area contributed by atoms with Gasteiger partial charge in [0.2, 0.25) is 11.9 Å². The number of aryl methyl sites for hydroxylation is 2. The first-order valence-corrected chi connectivity index (χ1v) is 13.4. The van der Waals surface area contributed by atoms with Crippen molar-refractivity contribution in [2.45, 2.75) is 32.6 Å². The number of likely N-dealkylation sites (tertiary alicyclic amines) is 1. The number of benzene rings is 1. The van der Waals surface area contributed by atoms with Crippen molar-refractivity contribution in [3.05, 3.63) is 53.5 Å². The molecule has 2 atom stereocenters. The molecule has 13 heteroatoms. The number of nitrogens with zero attached hydrogens (tertiary/aromatic N) is 6. The van der Waals surface area contributed by atoms with Crippen LogP contribution in [0.25, 0.3) is 11.4 Å². The Kier molecular flexibility index (Phi) is 8.22. The van der Waals surface area contributed by atoms with E-state index in [0.717, 1.165) is 22.5 Å². The monoisotopic (exact) mass is 564 g/mol. The summed E-state index contributed by atoms with van der Waals surface area (Å²) in [7, 11) is 1.57. The van der Waals surface area contributed by atoms with Crippen LogP contribution in [0.15, 0.2) is 31.1 Å². The lowest BCUT2D eigenvalue weighted by atomic mass is 10.0. The quantitative estimate of drug-likeness (QED) is 0.273. The average molecular weight is 565 g/mol. The fraction of sp³-hybridized carbons (Fsp3) is 0.429. The number of aromatic nitrogens is 4. The number of carbonyl (C=O) groups excluding carboxylic acids is 1. The van der Waals surface area contributed by atoms with Gasteiger partial charge in [0.1, 0.15) is 5.75 Å². The van der Waals surface area contributed by atoms with E-state index in [9.17, 15) is 15.0 Å². The number of nitrogens with one attached hydrogen (secondary N) is 1. The molecule has 2 fully saturated rings. The van der Waals surface area contributed by atoms with E-state index < -0.39 is 18.1 Å². The molecular formula is C28H36N8O5. The van der Waals surface area contributed by atoms with Crippen LogP contribution in [0.3, 0.4) is 0 Å². The maximum atomic E-state index is 12.1. The topological polar surface area (TPSA) is 164 Å². The molecule has 2 aliphatic rings. The number of ether oxygens (including phenoxy) is 2.